The van der Waals surface area contributed by atoms with Crippen molar-refractivity contribution in [3.63, 3.8) is 0 Å². The van der Waals surface area contributed by atoms with Crippen molar-refractivity contribution in [3.05, 3.63) is 71.8 Å². The number of carbonyl (C=O) groups is 2. The maximum atomic E-state index is 13.8. The Morgan fingerprint density at radius 1 is 1.09 bits per heavy atom. The minimum Gasteiger partial charge on any atom is -0.342 e. The average Bonchev–Trinajstić information content (AvgIpc) is 3.48. The standard InChI is InChI=1S/C24H22F2N4O3/c25-16-11-15(12-17(26)13-16)18-4-5-20-30(18)23(32)24(33-20)6-9-28(10-7-24)22(31)21-19-3-1-2-8-29(19)14-27-21/h1-3,8,11-14,18,20H,4-7,9-10H2/t18-,20+/m0/s1. The van der Waals surface area contributed by atoms with E-state index in [0.29, 0.717) is 50.0 Å². The van der Waals surface area contributed by atoms with Crippen LogP contribution in [0, 0.1) is 11.6 Å². The Labute approximate surface area is 188 Å². The molecule has 0 saturated carbocycles. The van der Waals surface area contributed by atoms with Crippen molar-refractivity contribution in [2.24, 2.45) is 0 Å². The molecule has 1 aromatic carbocycles. The van der Waals surface area contributed by atoms with Crippen molar-refractivity contribution in [1.29, 1.82) is 0 Å². The molecule has 5 heterocycles. The fourth-order valence-electron chi connectivity index (χ4n) is 5.47. The van der Waals surface area contributed by atoms with Gasteiger partial charge in [-0.05, 0) is 42.7 Å². The molecule has 3 saturated heterocycles. The van der Waals surface area contributed by atoms with Crippen molar-refractivity contribution in [2.45, 2.75) is 43.6 Å². The minimum absolute atomic E-state index is 0.154. The van der Waals surface area contributed by atoms with E-state index in [1.165, 1.54) is 12.1 Å². The molecular weight excluding hydrogens is 430 g/mol. The second-order valence-electron chi connectivity index (χ2n) is 8.95. The number of hydrogen-bond acceptors (Lipinski definition) is 4. The molecule has 2 aromatic heterocycles. The molecule has 3 fully saturated rings. The fourth-order valence-corrected chi connectivity index (χ4v) is 5.47. The average molecular weight is 452 g/mol. The summed E-state index contributed by atoms with van der Waals surface area (Å²) >= 11 is 0. The van der Waals surface area contributed by atoms with Crippen LogP contribution in [0.5, 0.6) is 0 Å². The van der Waals surface area contributed by atoms with E-state index in [0.717, 1.165) is 11.6 Å². The first kappa shape index (κ1) is 20.3. The number of halogens is 2. The first-order valence-corrected chi connectivity index (χ1v) is 11.1. The van der Waals surface area contributed by atoms with E-state index in [4.69, 9.17) is 4.74 Å². The second-order valence-corrected chi connectivity index (χ2v) is 8.95. The van der Waals surface area contributed by atoms with Crippen LogP contribution in [0.25, 0.3) is 5.52 Å². The Bertz CT molecular complexity index is 1250. The molecule has 0 radical (unpaired) electrons. The number of hydrogen-bond donors (Lipinski definition) is 0. The normalized spacial score (nSPS) is 24.1. The summed E-state index contributed by atoms with van der Waals surface area (Å²) < 4.78 is 35.6. The van der Waals surface area contributed by atoms with Gasteiger partial charge in [-0.3, -0.25) is 9.59 Å². The van der Waals surface area contributed by atoms with Crippen LogP contribution in [0.4, 0.5) is 8.78 Å². The van der Waals surface area contributed by atoms with Crippen molar-refractivity contribution in [2.75, 3.05) is 13.1 Å². The highest BCUT2D eigenvalue weighted by molar-refractivity contribution is 5.99. The molecular formula is C24H22F2N4O3. The third-order valence-corrected chi connectivity index (χ3v) is 7.09. The van der Waals surface area contributed by atoms with Crippen LogP contribution in [0.1, 0.15) is 47.8 Å². The van der Waals surface area contributed by atoms with Gasteiger partial charge in [-0.1, -0.05) is 6.07 Å². The molecule has 0 bridgehead atoms. The Hall–Kier alpha value is -3.33. The maximum Gasteiger partial charge on any atom is 0.274 e. The molecule has 7 nitrogen and oxygen atoms in total. The molecule has 2 amide bonds. The number of amides is 2. The lowest BCUT2D eigenvalue weighted by molar-refractivity contribution is -0.142. The maximum absolute atomic E-state index is 13.8. The summed E-state index contributed by atoms with van der Waals surface area (Å²) in [5.41, 5.74) is 0.575. The zero-order valence-corrected chi connectivity index (χ0v) is 17.8. The molecule has 0 N–H and O–H groups in total. The molecule has 9 heteroatoms. The number of ether oxygens (including phenoxy) is 1. The third kappa shape index (κ3) is 3.13. The number of nitrogens with zero attached hydrogens (tertiary/aromatic N) is 4. The second kappa shape index (κ2) is 7.34. The van der Waals surface area contributed by atoms with Crippen molar-refractivity contribution in [1.82, 2.24) is 19.2 Å². The highest BCUT2D eigenvalue weighted by Crippen LogP contribution is 2.47. The van der Waals surface area contributed by atoms with Crippen LogP contribution in [-0.4, -0.2) is 55.9 Å². The summed E-state index contributed by atoms with van der Waals surface area (Å²) in [6, 6.07) is 8.56. The van der Waals surface area contributed by atoms with Gasteiger partial charge in [-0.25, -0.2) is 13.8 Å². The van der Waals surface area contributed by atoms with E-state index >= 15 is 0 Å². The number of carbonyl (C=O) groups excluding carboxylic acids is 2. The molecule has 33 heavy (non-hydrogen) atoms. The molecule has 6 rings (SSSR count). The van der Waals surface area contributed by atoms with Gasteiger partial charge < -0.3 is 18.9 Å². The number of piperidine rings is 1. The summed E-state index contributed by atoms with van der Waals surface area (Å²) in [6.45, 7) is 0.743. The van der Waals surface area contributed by atoms with Crippen molar-refractivity contribution < 1.29 is 23.1 Å². The first-order valence-electron chi connectivity index (χ1n) is 11.1. The number of fused-ring (bicyclic) bond motifs is 2. The molecule has 1 spiro atoms. The summed E-state index contributed by atoms with van der Waals surface area (Å²) in [7, 11) is 0. The molecule has 170 valence electrons. The Morgan fingerprint density at radius 3 is 2.61 bits per heavy atom. The predicted molar refractivity (Wildman–Crippen MR) is 113 cm³/mol. The number of rotatable bonds is 2. The van der Waals surface area contributed by atoms with Crippen molar-refractivity contribution >= 4 is 17.3 Å². The Balaban J connectivity index is 1.20. The summed E-state index contributed by atoms with van der Waals surface area (Å²) in [5, 5.41) is 0. The largest absolute Gasteiger partial charge is 0.342 e. The minimum atomic E-state index is -0.998. The van der Waals surface area contributed by atoms with E-state index in [9.17, 15) is 18.4 Å². The number of benzene rings is 1. The summed E-state index contributed by atoms with van der Waals surface area (Å²) in [4.78, 5) is 34.2. The highest BCUT2D eigenvalue weighted by atomic mass is 19.1. The molecule has 0 aliphatic carbocycles. The van der Waals surface area contributed by atoms with E-state index in [2.05, 4.69) is 4.98 Å². The van der Waals surface area contributed by atoms with Gasteiger partial charge in [0.15, 0.2) is 11.3 Å². The lowest BCUT2D eigenvalue weighted by Crippen LogP contribution is -2.51. The van der Waals surface area contributed by atoms with Gasteiger partial charge in [-0.2, -0.15) is 0 Å². The van der Waals surface area contributed by atoms with Gasteiger partial charge in [0.05, 0.1) is 11.6 Å². The Morgan fingerprint density at radius 2 is 1.85 bits per heavy atom. The van der Waals surface area contributed by atoms with Crippen LogP contribution >= 0.6 is 0 Å². The first-order chi connectivity index (χ1) is 15.9. The topological polar surface area (TPSA) is 67.2 Å². The van der Waals surface area contributed by atoms with E-state index < -0.39 is 29.5 Å². The number of pyridine rings is 1. The lowest BCUT2D eigenvalue weighted by atomic mass is 9.89. The van der Waals surface area contributed by atoms with Crippen LogP contribution in [-0.2, 0) is 9.53 Å². The highest BCUT2D eigenvalue weighted by Gasteiger charge is 2.58. The number of aromatic nitrogens is 2. The molecule has 2 atom stereocenters. The van der Waals surface area contributed by atoms with Gasteiger partial charge in [0.2, 0.25) is 0 Å². The molecule has 0 unspecified atom stereocenters. The zero-order valence-electron chi connectivity index (χ0n) is 17.8. The van der Waals surface area contributed by atoms with Gasteiger partial charge in [0.1, 0.15) is 24.2 Å². The molecule has 3 aliphatic heterocycles. The van der Waals surface area contributed by atoms with E-state index in [-0.39, 0.29) is 11.8 Å². The van der Waals surface area contributed by atoms with Crippen LogP contribution in [0.3, 0.4) is 0 Å². The van der Waals surface area contributed by atoms with E-state index in [1.54, 1.807) is 20.5 Å². The van der Waals surface area contributed by atoms with E-state index in [1.807, 2.05) is 24.4 Å². The lowest BCUT2D eigenvalue weighted by Gasteiger charge is -2.37. The van der Waals surface area contributed by atoms with Gasteiger partial charge >= 0.3 is 0 Å². The monoisotopic (exact) mass is 452 g/mol. The summed E-state index contributed by atoms with van der Waals surface area (Å²) in [5.74, 6) is -1.64. The molecule has 3 aliphatic rings. The van der Waals surface area contributed by atoms with Crippen LogP contribution in [0.15, 0.2) is 48.9 Å². The predicted octanol–water partition coefficient (Wildman–Crippen LogP) is 3.31. The van der Waals surface area contributed by atoms with Gasteiger partial charge in [0.25, 0.3) is 11.8 Å². The smallest absolute Gasteiger partial charge is 0.274 e. The quantitative estimate of drug-likeness (QED) is 0.599. The van der Waals surface area contributed by atoms with Crippen molar-refractivity contribution in [3.8, 4) is 0 Å². The SMILES string of the molecule is O=C(c1ncn2ccccc12)N1CCC2(CC1)O[C@@H]1CC[C@@H](c3cc(F)cc(F)c3)N1C2=O. The Kier molecular flexibility index (Phi) is 4.52. The zero-order chi connectivity index (χ0) is 22.7. The number of imidazole rings is 1. The number of likely N-dealkylation sites (tertiary alicyclic amines) is 1. The summed E-state index contributed by atoms with van der Waals surface area (Å²) in [6.07, 6.45) is 4.99. The fraction of sp³-hybridized carbons (Fsp3) is 0.375. The molecule has 3 aromatic rings. The van der Waals surface area contributed by atoms with Gasteiger partial charge in [-0.15, -0.1) is 0 Å². The van der Waals surface area contributed by atoms with Crippen LogP contribution in [0.2, 0.25) is 0 Å². The third-order valence-electron chi connectivity index (χ3n) is 7.09. The van der Waals surface area contributed by atoms with Crippen LogP contribution < -0.4 is 0 Å². The van der Waals surface area contributed by atoms with Gasteiger partial charge in [0, 0.05) is 38.2 Å².